The first-order valence-electron chi connectivity index (χ1n) is 4.23. The van der Waals surface area contributed by atoms with Crippen molar-refractivity contribution in [3.8, 4) is 12.1 Å². The Balaban J connectivity index is 3.45. The predicted molar refractivity (Wildman–Crippen MR) is 58.6 cm³/mol. The van der Waals surface area contributed by atoms with Crippen molar-refractivity contribution < 1.29 is 4.79 Å². The molecule has 15 heavy (non-hydrogen) atoms. The molecular weight excluding hydrogens is 256 g/mol. The quantitative estimate of drug-likeness (QED) is 0.607. The lowest BCUT2D eigenvalue weighted by Crippen LogP contribution is -2.13. The third kappa shape index (κ3) is 2.23. The van der Waals surface area contributed by atoms with Crippen LogP contribution in [0.5, 0.6) is 0 Å². The van der Waals surface area contributed by atoms with Gasteiger partial charge in [-0.3, -0.25) is 4.79 Å². The molecule has 0 bridgehead atoms. The van der Waals surface area contributed by atoms with Crippen LogP contribution in [-0.2, 0) is 0 Å². The van der Waals surface area contributed by atoms with Crippen molar-refractivity contribution in [3.63, 3.8) is 0 Å². The highest BCUT2D eigenvalue weighted by atomic mass is 79.9. The van der Waals surface area contributed by atoms with Crippen molar-refractivity contribution in [2.75, 3.05) is 0 Å². The largest absolute Gasteiger partial charge is 0.293 e. The molecular formula is C11H7BrN2O. The number of Topliss-reactive ketones (excluding diaryl/α,β-unsaturated/α-hetero) is 1. The first-order chi connectivity index (χ1) is 7.11. The first kappa shape index (κ1) is 11.4. The van der Waals surface area contributed by atoms with Crippen molar-refractivity contribution in [2.45, 2.75) is 11.8 Å². The Morgan fingerprint density at radius 1 is 1.33 bits per heavy atom. The molecule has 0 aliphatic heterocycles. The standard InChI is InChI=1S/C11H7BrN2O/c1-7(12)11(15)10-8(5-13)3-2-4-9(10)6-14/h2-4,7H,1H3. The Kier molecular flexibility index (Phi) is 3.60. The molecule has 0 saturated heterocycles. The maximum atomic E-state index is 11.8. The highest BCUT2D eigenvalue weighted by molar-refractivity contribution is 9.10. The maximum absolute atomic E-state index is 11.8. The highest BCUT2D eigenvalue weighted by Crippen LogP contribution is 2.18. The van der Waals surface area contributed by atoms with E-state index in [1.54, 1.807) is 13.0 Å². The van der Waals surface area contributed by atoms with Crippen LogP contribution in [0.2, 0.25) is 0 Å². The molecule has 1 aromatic rings. The van der Waals surface area contributed by atoms with Crippen LogP contribution in [0.25, 0.3) is 0 Å². The van der Waals surface area contributed by atoms with E-state index in [1.807, 2.05) is 12.1 Å². The van der Waals surface area contributed by atoms with Gasteiger partial charge in [-0.05, 0) is 19.1 Å². The van der Waals surface area contributed by atoms with Crippen molar-refractivity contribution >= 4 is 21.7 Å². The van der Waals surface area contributed by atoms with Gasteiger partial charge in [0.1, 0.15) is 0 Å². The fraction of sp³-hybridized carbons (Fsp3) is 0.182. The Hall–Kier alpha value is -1.65. The number of alkyl halides is 1. The second kappa shape index (κ2) is 4.72. The molecule has 0 heterocycles. The molecule has 0 aliphatic rings. The van der Waals surface area contributed by atoms with Crippen molar-refractivity contribution in [1.82, 2.24) is 0 Å². The molecule has 0 spiro atoms. The minimum atomic E-state index is -0.404. The van der Waals surface area contributed by atoms with E-state index in [0.29, 0.717) is 0 Å². The van der Waals surface area contributed by atoms with Crippen LogP contribution < -0.4 is 0 Å². The van der Waals surface area contributed by atoms with E-state index in [9.17, 15) is 4.79 Å². The molecule has 0 radical (unpaired) electrons. The number of halogens is 1. The van der Waals surface area contributed by atoms with E-state index < -0.39 is 4.83 Å². The number of hydrogen-bond acceptors (Lipinski definition) is 3. The van der Waals surface area contributed by atoms with Crippen LogP contribution in [0.15, 0.2) is 18.2 Å². The topological polar surface area (TPSA) is 64.7 Å². The molecule has 74 valence electrons. The van der Waals surface area contributed by atoms with E-state index in [0.717, 1.165) is 0 Å². The predicted octanol–water partition coefficient (Wildman–Crippen LogP) is 2.40. The summed E-state index contributed by atoms with van der Waals surface area (Å²) in [6.45, 7) is 1.66. The van der Waals surface area contributed by atoms with Gasteiger partial charge in [-0.25, -0.2) is 0 Å². The zero-order valence-corrected chi connectivity index (χ0v) is 9.58. The van der Waals surface area contributed by atoms with Gasteiger partial charge in [0.2, 0.25) is 0 Å². The number of nitrogens with zero attached hydrogens (tertiary/aromatic N) is 2. The van der Waals surface area contributed by atoms with Gasteiger partial charge in [-0.1, -0.05) is 22.0 Å². The number of ketones is 1. The molecule has 0 N–H and O–H groups in total. The number of rotatable bonds is 2. The average Bonchev–Trinajstić information content (AvgIpc) is 2.26. The Labute approximate surface area is 96.1 Å². The maximum Gasteiger partial charge on any atom is 0.178 e. The third-order valence-electron chi connectivity index (χ3n) is 1.91. The molecule has 3 nitrogen and oxygen atoms in total. The van der Waals surface area contributed by atoms with Crippen LogP contribution in [0, 0.1) is 22.7 Å². The number of benzene rings is 1. The molecule has 1 atom stereocenters. The lowest BCUT2D eigenvalue weighted by atomic mass is 9.97. The highest BCUT2D eigenvalue weighted by Gasteiger charge is 2.19. The summed E-state index contributed by atoms with van der Waals surface area (Å²) in [6, 6.07) is 8.48. The van der Waals surface area contributed by atoms with Crippen LogP contribution in [-0.4, -0.2) is 10.6 Å². The van der Waals surface area contributed by atoms with Crippen LogP contribution >= 0.6 is 15.9 Å². The summed E-state index contributed by atoms with van der Waals surface area (Å²) in [7, 11) is 0. The molecule has 4 heteroatoms. The van der Waals surface area contributed by atoms with Gasteiger partial charge in [-0.2, -0.15) is 10.5 Å². The first-order valence-corrected chi connectivity index (χ1v) is 5.15. The molecule has 0 aromatic heterocycles. The fourth-order valence-electron chi connectivity index (χ4n) is 1.20. The lowest BCUT2D eigenvalue weighted by Gasteiger charge is -2.06. The molecule has 0 amide bonds. The van der Waals surface area contributed by atoms with E-state index >= 15 is 0 Å². The summed E-state index contributed by atoms with van der Waals surface area (Å²) >= 11 is 3.13. The van der Waals surface area contributed by atoms with Gasteiger partial charge in [-0.15, -0.1) is 0 Å². The third-order valence-corrected chi connectivity index (χ3v) is 2.33. The van der Waals surface area contributed by atoms with Gasteiger partial charge < -0.3 is 0 Å². The number of carbonyl (C=O) groups excluding carboxylic acids is 1. The van der Waals surface area contributed by atoms with Gasteiger partial charge in [0, 0.05) is 0 Å². The molecule has 0 saturated carbocycles. The van der Waals surface area contributed by atoms with Crippen LogP contribution in [0.3, 0.4) is 0 Å². The minimum absolute atomic E-state index is 0.201. The summed E-state index contributed by atoms with van der Waals surface area (Å²) < 4.78 is 0. The molecule has 1 rings (SSSR count). The molecule has 1 aromatic carbocycles. The Bertz CT molecular complexity index is 448. The number of nitriles is 2. The zero-order chi connectivity index (χ0) is 11.4. The van der Waals surface area contributed by atoms with Gasteiger partial charge in [0.15, 0.2) is 5.78 Å². The molecule has 0 fully saturated rings. The zero-order valence-electron chi connectivity index (χ0n) is 7.99. The van der Waals surface area contributed by atoms with E-state index in [1.165, 1.54) is 12.1 Å². The van der Waals surface area contributed by atoms with E-state index in [4.69, 9.17) is 10.5 Å². The molecule has 1 unspecified atom stereocenters. The lowest BCUT2D eigenvalue weighted by molar-refractivity contribution is 0.0995. The van der Waals surface area contributed by atoms with Gasteiger partial charge >= 0.3 is 0 Å². The number of carbonyl (C=O) groups is 1. The second-order valence-corrected chi connectivity index (χ2v) is 4.31. The summed E-state index contributed by atoms with van der Waals surface area (Å²) in [6.07, 6.45) is 0. The van der Waals surface area contributed by atoms with Crippen LogP contribution in [0.4, 0.5) is 0 Å². The van der Waals surface area contributed by atoms with Crippen molar-refractivity contribution in [2.24, 2.45) is 0 Å². The minimum Gasteiger partial charge on any atom is -0.293 e. The summed E-state index contributed by atoms with van der Waals surface area (Å²) in [5.74, 6) is -0.247. The van der Waals surface area contributed by atoms with Gasteiger partial charge in [0.05, 0.1) is 33.7 Å². The SMILES string of the molecule is CC(Br)C(=O)c1c(C#N)cccc1C#N. The van der Waals surface area contributed by atoms with Crippen molar-refractivity contribution in [1.29, 1.82) is 10.5 Å². The summed E-state index contributed by atoms with van der Waals surface area (Å²) in [5.41, 5.74) is 0.683. The Morgan fingerprint density at radius 3 is 2.13 bits per heavy atom. The molecule has 0 aliphatic carbocycles. The Morgan fingerprint density at radius 2 is 1.80 bits per heavy atom. The van der Waals surface area contributed by atoms with Crippen molar-refractivity contribution in [3.05, 3.63) is 34.9 Å². The van der Waals surface area contributed by atoms with E-state index in [-0.39, 0.29) is 22.5 Å². The van der Waals surface area contributed by atoms with E-state index in [2.05, 4.69) is 15.9 Å². The fourth-order valence-corrected chi connectivity index (χ4v) is 1.43. The summed E-state index contributed by atoms with van der Waals surface area (Å²) in [5, 5.41) is 17.7. The van der Waals surface area contributed by atoms with Crippen LogP contribution in [0.1, 0.15) is 28.4 Å². The second-order valence-electron chi connectivity index (χ2n) is 2.93. The monoisotopic (exact) mass is 262 g/mol. The summed E-state index contributed by atoms with van der Waals surface area (Å²) in [4.78, 5) is 11.4. The average molecular weight is 263 g/mol. The smallest absolute Gasteiger partial charge is 0.178 e. The van der Waals surface area contributed by atoms with Gasteiger partial charge in [0.25, 0.3) is 0 Å². The number of hydrogen-bond donors (Lipinski definition) is 0. The normalized spacial score (nSPS) is 11.2.